The molecule has 168 valence electrons. The van der Waals surface area contributed by atoms with Gasteiger partial charge in [0, 0.05) is 0 Å². The second-order valence-electron chi connectivity index (χ2n) is 7.32. The lowest BCUT2D eigenvalue weighted by atomic mass is 10.1. The predicted molar refractivity (Wildman–Crippen MR) is 114 cm³/mol. The third kappa shape index (κ3) is 4.25. The predicted octanol–water partition coefficient (Wildman–Crippen LogP) is 3.18. The van der Waals surface area contributed by atoms with Crippen molar-refractivity contribution in [3.05, 3.63) is 89.6 Å². The van der Waals surface area contributed by atoms with Gasteiger partial charge in [0.15, 0.2) is 0 Å². The number of carbonyl (C=O) groups is 4. The third-order valence-corrected chi connectivity index (χ3v) is 5.32. The molecule has 2 aromatic carbocycles. The van der Waals surface area contributed by atoms with Gasteiger partial charge >= 0.3 is 5.97 Å². The molecule has 1 aliphatic heterocycles. The van der Waals surface area contributed by atoms with Gasteiger partial charge in [0.05, 0.1) is 43.2 Å². The minimum atomic E-state index is -1.16. The second-order valence-corrected chi connectivity index (χ2v) is 7.32. The molecule has 9 heteroatoms. The van der Waals surface area contributed by atoms with Crippen molar-refractivity contribution in [1.29, 1.82) is 0 Å². The monoisotopic (exact) mass is 450 g/mol. The summed E-state index contributed by atoms with van der Waals surface area (Å²) in [5.74, 6) is -2.82. The van der Waals surface area contributed by atoms with Crippen molar-refractivity contribution in [2.45, 2.75) is 19.0 Å². The van der Waals surface area contributed by atoms with Gasteiger partial charge in [-0.3, -0.25) is 14.4 Å². The molecule has 0 saturated carbocycles. The van der Waals surface area contributed by atoms with Crippen LogP contribution in [0.5, 0.6) is 0 Å². The maximum absolute atomic E-state index is 14.3. The van der Waals surface area contributed by atoms with Crippen molar-refractivity contribution < 1.29 is 32.7 Å². The molecule has 0 radical (unpaired) electrons. The lowest BCUT2D eigenvalue weighted by Crippen LogP contribution is -2.45. The average Bonchev–Trinajstić information content (AvgIpc) is 3.44. The first-order valence-corrected chi connectivity index (χ1v) is 10.0. The van der Waals surface area contributed by atoms with Gasteiger partial charge in [-0.05, 0) is 48.5 Å². The van der Waals surface area contributed by atoms with Crippen LogP contribution >= 0.6 is 0 Å². The Balaban J connectivity index is 1.65. The number of amides is 3. The van der Waals surface area contributed by atoms with E-state index in [1.807, 2.05) is 0 Å². The van der Waals surface area contributed by atoms with Crippen LogP contribution in [0.4, 0.5) is 10.1 Å². The van der Waals surface area contributed by atoms with E-state index in [0.717, 1.165) is 15.9 Å². The molecule has 1 atom stereocenters. The number of nitrogens with zero attached hydrogens (tertiary/aromatic N) is 2. The fourth-order valence-corrected chi connectivity index (χ4v) is 3.68. The number of furan rings is 1. The molecule has 1 saturated heterocycles. The van der Waals surface area contributed by atoms with Crippen LogP contribution in [-0.2, 0) is 20.9 Å². The largest absolute Gasteiger partial charge is 0.467 e. The molecule has 3 aromatic rings. The minimum Gasteiger partial charge on any atom is -0.467 e. The van der Waals surface area contributed by atoms with Gasteiger partial charge in [-0.1, -0.05) is 12.1 Å². The van der Waals surface area contributed by atoms with E-state index in [-0.39, 0.29) is 29.8 Å². The van der Waals surface area contributed by atoms with Crippen LogP contribution in [0, 0.1) is 5.82 Å². The molecular weight excluding hydrogens is 431 g/mol. The van der Waals surface area contributed by atoms with Crippen molar-refractivity contribution in [2.75, 3.05) is 12.0 Å². The van der Waals surface area contributed by atoms with Gasteiger partial charge in [0.2, 0.25) is 5.91 Å². The van der Waals surface area contributed by atoms with E-state index >= 15 is 0 Å². The van der Waals surface area contributed by atoms with Crippen molar-refractivity contribution in [2.24, 2.45) is 0 Å². The molecule has 1 fully saturated rings. The lowest BCUT2D eigenvalue weighted by molar-refractivity contribution is -0.122. The van der Waals surface area contributed by atoms with Crippen LogP contribution in [0.15, 0.2) is 71.3 Å². The lowest BCUT2D eigenvalue weighted by Gasteiger charge is -2.27. The molecule has 3 amide bonds. The molecule has 8 nitrogen and oxygen atoms in total. The number of imide groups is 1. The number of halogens is 1. The zero-order chi connectivity index (χ0) is 23.5. The molecule has 0 spiro atoms. The van der Waals surface area contributed by atoms with Gasteiger partial charge in [0.1, 0.15) is 17.6 Å². The van der Waals surface area contributed by atoms with Gasteiger partial charge in [-0.15, -0.1) is 0 Å². The first-order valence-electron chi connectivity index (χ1n) is 10.0. The van der Waals surface area contributed by atoms with Crippen LogP contribution in [0.3, 0.4) is 0 Å². The van der Waals surface area contributed by atoms with Crippen LogP contribution < -0.4 is 4.90 Å². The highest BCUT2D eigenvalue weighted by atomic mass is 19.1. The van der Waals surface area contributed by atoms with Gasteiger partial charge in [-0.25, -0.2) is 14.1 Å². The zero-order valence-electron chi connectivity index (χ0n) is 17.6. The average molecular weight is 450 g/mol. The highest BCUT2D eigenvalue weighted by molar-refractivity contribution is 6.23. The second kappa shape index (κ2) is 9.07. The Morgan fingerprint density at radius 1 is 1.09 bits per heavy atom. The Hall–Kier alpha value is -4.27. The highest BCUT2D eigenvalue weighted by Crippen LogP contribution is 2.28. The number of ether oxygens (including phenoxy) is 1. The molecule has 0 aliphatic carbocycles. The number of carbonyl (C=O) groups excluding carboxylic acids is 4. The molecule has 1 aliphatic rings. The van der Waals surface area contributed by atoms with E-state index in [0.29, 0.717) is 5.76 Å². The maximum atomic E-state index is 14.3. The fraction of sp³-hybridized carbons (Fsp3) is 0.167. The summed E-state index contributed by atoms with van der Waals surface area (Å²) in [5, 5.41) is 0. The summed E-state index contributed by atoms with van der Waals surface area (Å²) in [4.78, 5) is 53.0. The Bertz CT molecular complexity index is 1210. The molecule has 4 rings (SSSR count). The van der Waals surface area contributed by atoms with E-state index in [1.165, 1.54) is 55.8 Å². The normalized spacial score (nSPS) is 15.6. The molecule has 0 bridgehead atoms. The number of hydrogen-bond donors (Lipinski definition) is 0. The Kier molecular flexibility index (Phi) is 6.03. The minimum absolute atomic E-state index is 0.126. The van der Waals surface area contributed by atoms with E-state index in [9.17, 15) is 23.6 Å². The Morgan fingerprint density at radius 3 is 2.45 bits per heavy atom. The van der Waals surface area contributed by atoms with Crippen molar-refractivity contribution >= 4 is 29.4 Å². The van der Waals surface area contributed by atoms with Crippen molar-refractivity contribution in [1.82, 2.24) is 4.90 Å². The van der Waals surface area contributed by atoms with Crippen LogP contribution in [0.25, 0.3) is 0 Å². The van der Waals surface area contributed by atoms with E-state index in [2.05, 4.69) is 4.74 Å². The third-order valence-electron chi connectivity index (χ3n) is 5.32. The molecule has 33 heavy (non-hydrogen) atoms. The first-order chi connectivity index (χ1) is 15.9. The molecule has 0 N–H and O–H groups in total. The summed E-state index contributed by atoms with van der Waals surface area (Å²) in [5.41, 5.74) is 0.285. The topological polar surface area (TPSA) is 97.1 Å². The summed E-state index contributed by atoms with van der Waals surface area (Å²) in [6.07, 6.45) is 1.14. The number of benzene rings is 2. The Morgan fingerprint density at radius 2 is 1.82 bits per heavy atom. The smallest absolute Gasteiger partial charge is 0.337 e. The quantitative estimate of drug-likeness (QED) is 0.423. The summed E-state index contributed by atoms with van der Waals surface area (Å²) < 4.78 is 24.3. The number of methoxy groups -OCH3 is 1. The standard InChI is InChI=1S/C24H19FN2O6/c1-32-24(31)15-8-10-16(11-9-15)27-21(28)13-20(23(27)30)26(14-17-5-4-12-33-17)22(29)18-6-2-3-7-19(18)25/h2-12,20H,13-14H2,1H3. The molecule has 2 heterocycles. The van der Waals surface area contributed by atoms with Crippen LogP contribution in [0.2, 0.25) is 0 Å². The summed E-state index contributed by atoms with van der Waals surface area (Å²) in [6.45, 7) is -0.126. The van der Waals surface area contributed by atoms with E-state index in [4.69, 9.17) is 4.42 Å². The van der Waals surface area contributed by atoms with Gasteiger partial charge in [0.25, 0.3) is 11.8 Å². The first kappa shape index (κ1) is 21.9. The summed E-state index contributed by atoms with van der Waals surface area (Å²) in [7, 11) is 1.24. The zero-order valence-corrected chi connectivity index (χ0v) is 17.6. The maximum Gasteiger partial charge on any atom is 0.337 e. The van der Waals surface area contributed by atoms with E-state index in [1.54, 1.807) is 12.1 Å². The van der Waals surface area contributed by atoms with Gasteiger partial charge < -0.3 is 14.1 Å². The van der Waals surface area contributed by atoms with Crippen LogP contribution in [0.1, 0.15) is 32.9 Å². The molecule has 1 aromatic heterocycles. The van der Waals surface area contributed by atoms with E-state index < -0.39 is 35.5 Å². The van der Waals surface area contributed by atoms with Crippen molar-refractivity contribution in [3.63, 3.8) is 0 Å². The van der Waals surface area contributed by atoms with Gasteiger partial charge in [-0.2, -0.15) is 0 Å². The molecule has 1 unspecified atom stereocenters. The molecular formula is C24H19FN2O6. The number of hydrogen-bond acceptors (Lipinski definition) is 6. The SMILES string of the molecule is COC(=O)c1ccc(N2C(=O)CC(N(Cc3ccco3)C(=O)c3ccccc3F)C2=O)cc1. The number of esters is 1. The van der Waals surface area contributed by atoms with Crippen LogP contribution in [-0.4, -0.2) is 41.7 Å². The highest BCUT2D eigenvalue weighted by Gasteiger charge is 2.45. The summed E-state index contributed by atoms with van der Waals surface area (Å²) >= 11 is 0. The van der Waals surface area contributed by atoms with Crippen molar-refractivity contribution in [3.8, 4) is 0 Å². The number of rotatable bonds is 6. The summed E-state index contributed by atoms with van der Waals surface area (Å²) in [6, 6.07) is 13.3. The Labute approximate surface area is 188 Å². The number of anilines is 1. The fourth-order valence-electron chi connectivity index (χ4n) is 3.68.